The Kier molecular flexibility index (Phi) is 5.75. The van der Waals surface area contributed by atoms with Crippen molar-refractivity contribution in [3.05, 3.63) is 46.8 Å². The van der Waals surface area contributed by atoms with Gasteiger partial charge in [0.2, 0.25) is 11.7 Å². The molecule has 0 saturated carbocycles. The van der Waals surface area contributed by atoms with Crippen LogP contribution in [0.5, 0.6) is 0 Å². The molecule has 0 fully saturated rings. The highest BCUT2D eigenvalue weighted by molar-refractivity contribution is 7.13. The standard InChI is InChI=1S/C17H15N5O5S/c1-26-16(24)10-6-11(17(25)27-2)8-12(7-10)18-14(23)9-22-20-15(19-21-22)13-4-3-5-28-13/h3-8H,9H2,1-2H3,(H,18,23). The van der Waals surface area contributed by atoms with Gasteiger partial charge in [-0.25, -0.2) is 9.59 Å². The van der Waals surface area contributed by atoms with Crippen molar-refractivity contribution in [3.63, 3.8) is 0 Å². The van der Waals surface area contributed by atoms with E-state index in [1.54, 1.807) is 0 Å². The van der Waals surface area contributed by atoms with Gasteiger partial charge in [0.25, 0.3) is 0 Å². The molecule has 1 aromatic carbocycles. The number of rotatable bonds is 6. The molecule has 10 nitrogen and oxygen atoms in total. The van der Waals surface area contributed by atoms with Crippen LogP contribution in [0.3, 0.4) is 0 Å². The van der Waals surface area contributed by atoms with Crippen molar-refractivity contribution in [3.8, 4) is 10.7 Å². The number of benzene rings is 1. The van der Waals surface area contributed by atoms with Gasteiger partial charge in [-0.05, 0) is 34.9 Å². The van der Waals surface area contributed by atoms with Gasteiger partial charge in [-0.1, -0.05) is 6.07 Å². The van der Waals surface area contributed by atoms with E-state index < -0.39 is 17.8 Å². The number of methoxy groups -OCH3 is 2. The molecule has 0 aliphatic carbocycles. The summed E-state index contributed by atoms with van der Waals surface area (Å²) in [5.74, 6) is -1.35. The summed E-state index contributed by atoms with van der Waals surface area (Å²) >= 11 is 1.46. The van der Waals surface area contributed by atoms with E-state index in [1.807, 2.05) is 17.5 Å². The highest BCUT2D eigenvalue weighted by Crippen LogP contribution is 2.20. The Bertz CT molecular complexity index is 981. The predicted octanol–water partition coefficient (Wildman–Crippen LogP) is 1.61. The number of amides is 1. The summed E-state index contributed by atoms with van der Waals surface area (Å²) in [4.78, 5) is 37.9. The van der Waals surface area contributed by atoms with Crippen molar-refractivity contribution < 1.29 is 23.9 Å². The SMILES string of the molecule is COC(=O)c1cc(NC(=O)Cn2nnc(-c3cccs3)n2)cc(C(=O)OC)c1. The summed E-state index contributed by atoms with van der Waals surface area (Å²) in [6.07, 6.45) is 0. The summed E-state index contributed by atoms with van der Waals surface area (Å²) in [7, 11) is 2.43. The minimum atomic E-state index is -0.653. The molecule has 144 valence electrons. The number of hydrogen-bond donors (Lipinski definition) is 1. The quantitative estimate of drug-likeness (QED) is 0.618. The molecule has 11 heteroatoms. The normalized spacial score (nSPS) is 10.4. The van der Waals surface area contributed by atoms with Crippen LogP contribution < -0.4 is 5.32 Å². The van der Waals surface area contributed by atoms with Gasteiger partial charge >= 0.3 is 11.9 Å². The number of anilines is 1. The minimum Gasteiger partial charge on any atom is -0.465 e. The summed E-state index contributed by atoms with van der Waals surface area (Å²) in [5, 5.41) is 16.4. The zero-order valence-corrected chi connectivity index (χ0v) is 15.7. The lowest BCUT2D eigenvalue weighted by molar-refractivity contribution is -0.117. The Morgan fingerprint density at radius 3 is 2.36 bits per heavy atom. The number of carbonyl (C=O) groups excluding carboxylic acids is 3. The van der Waals surface area contributed by atoms with Crippen LogP contribution in [0, 0.1) is 0 Å². The first kappa shape index (κ1) is 19.2. The number of nitrogens with zero attached hydrogens (tertiary/aromatic N) is 4. The van der Waals surface area contributed by atoms with Crippen molar-refractivity contribution in [2.24, 2.45) is 0 Å². The first-order valence-corrected chi connectivity index (χ1v) is 8.81. The van der Waals surface area contributed by atoms with E-state index in [0.29, 0.717) is 5.82 Å². The molecule has 0 spiro atoms. The van der Waals surface area contributed by atoms with Crippen LogP contribution in [-0.4, -0.2) is 52.3 Å². The zero-order chi connectivity index (χ0) is 20.1. The number of tetrazole rings is 1. The molecule has 2 heterocycles. The topological polar surface area (TPSA) is 125 Å². The van der Waals surface area contributed by atoms with Gasteiger partial charge in [0, 0.05) is 5.69 Å². The van der Waals surface area contributed by atoms with Crippen molar-refractivity contribution in [1.82, 2.24) is 20.2 Å². The lowest BCUT2D eigenvalue weighted by Gasteiger charge is -2.09. The molecule has 1 N–H and O–H groups in total. The highest BCUT2D eigenvalue weighted by Gasteiger charge is 2.16. The number of nitrogens with one attached hydrogen (secondary N) is 1. The van der Waals surface area contributed by atoms with Gasteiger partial charge < -0.3 is 14.8 Å². The Labute approximate surface area is 163 Å². The number of esters is 2. The summed E-state index contributed by atoms with van der Waals surface area (Å²) in [5.41, 5.74) is 0.422. The van der Waals surface area contributed by atoms with Crippen LogP contribution in [-0.2, 0) is 20.8 Å². The molecule has 3 aromatic rings. The molecular formula is C17H15N5O5S. The fourth-order valence-corrected chi connectivity index (χ4v) is 2.96. The van der Waals surface area contributed by atoms with E-state index in [9.17, 15) is 14.4 Å². The first-order chi connectivity index (χ1) is 13.5. The maximum absolute atomic E-state index is 12.3. The Morgan fingerprint density at radius 2 is 1.79 bits per heavy atom. The number of thiophene rings is 1. The third-order valence-electron chi connectivity index (χ3n) is 3.54. The molecule has 0 bridgehead atoms. The van der Waals surface area contributed by atoms with Gasteiger partial charge in [0.05, 0.1) is 30.2 Å². The number of carbonyl (C=O) groups is 3. The first-order valence-electron chi connectivity index (χ1n) is 7.93. The molecule has 0 atom stereocenters. The van der Waals surface area contributed by atoms with Crippen LogP contribution in [0.4, 0.5) is 5.69 Å². The Hall–Kier alpha value is -3.60. The molecule has 2 aromatic heterocycles. The maximum Gasteiger partial charge on any atom is 0.337 e. The van der Waals surface area contributed by atoms with E-state index in [4.69, 9.17) is 0 Å². The van der Waals surface area contributed by atoms with Crippen molar-refractivity contribution >= 4 is 34.9 Å². The lowest BCUT2D eigenvalue weighted by Crippen LogP contribution is -2.21. The molecule has 0 unspecified atom stereocenters. The zero-order valence-electron chi connectivity index (χ0n) is 14.9. The van der Waals surface area contributed by atoms with Crippen LogP contribution >= 0.6 is 11.3 Å². The molecule has 1 amide bonds. The summed E-state index contributed by atoms with van der Waals surface area (Å²) < 4.78 is 9.33. The van der Waals surface area contributed by atoms with Gasteiger partial charge in [-0.2, -0.15) is 4.80 Å². The highest BCUT2D eigenvalue weighted by atomic mass is 32.1. The second-order valence-corrected chi connectivity index (χ2v) is 6.40. The predicted molar refractivity (Wildman–Crippen MR) is 98.9 cm³/mol. The molecule has 0 radical (unpaired) electrons. The van der Waals surface area contributed by atoms with Crippen LogP contribution in [0.15, 0.2) is 35.7 Å². The second kappa shape index (κ2) is 8.39. The molecule has 0 saturated heterocycles. The third-order valence-corrected chi connectivity index (χ3v) is 4.40. The van der Waals surface area contributed by atoms with Crippen LogP contribution in [0.25, 0.3) is 10.7 Å². The smallest absolute Gasteiger partial charge is 0.337 e. The van der Waals surface area contributed by atoms with E-state index in [2.05, 4.69) is 30.2 Å². The minimum absolute atomic E-state index is 0.0968. The van der Waals surface area contributed by atoms with Crippen molar-refractivity contribution in [2.75, 3.05) is 19.5 Å². The van der Waals surface area contributed by atoms with Crippen molar-refractivity contribution in [1.29, 1.82) is 0 Å². The number of aromatic nitrogens is 4. The van der Waals surface area contributed by atoms with Gasteiger partial charge in [0.1, 0.15) is 6.54 Å². The number of hydrogen-bond acceptors (Lipinski definition) is 9. The summed E-state index contributed by atoms with van der Waals surface area (Å²) in [6.45, 7) is -0.200. The van der Waals surface area contributed by atoms with E-state index in [-0.39, 0.29) is 23.4 Å². The monoisotopic (exact) mass is 401 g/mol. The Balaban J connectivity index is 1.75. The van der Waals surface area contributed by atoms with E-state index in [0.717, 1.165) is 9.67 Å². The molecule has 0 aliphatic heterocycles. The third kappa shape index (κ3) is 4.38. The fraction of sp³-hybridized carbons (Fsp3) is 0.176. The molecule has 0 aliphatic rings. The summed E-state index contributed by atoms with van der Waals surface area (Å²) in [6, 6.07) is 7.81. The van der Waals surface area contributed by atoms with Gasteiger partial charge in [-0.3, -0.25) is 4.79 Å². The molecular weight excluding hydrogens is 386 g/mol. The van der Waals surface area contributed by atoms with Gasteiger partial charge in [-0.15, -0.1) is 21.5 Å². The maximum atomic E-state index is 12.3. The van der Waals surface area contributed by atoms with Crippen LogP contribution in [0.2, 0.25) is 0 Å². The largest absolute Gasteiger partial charge is 0.465 e. The fourth-order valence-electron chi connectivity index (χ4n) is 2.31. The lowest BCUT2D eigenvalue weighted by atomic mass is 10.1. The average molecular weight is 401 g/mol. The average Bonchev–Trinajstić information content (AvgIpc) is 3.38. The second-order valence-electron chi connectivity index (χ2n) is 5.45. The van der Waals surface area contributed by atoms with E-state index >= 15 is 0 Å². The molecule has 28 heavy (non-hydrogen) atoms. The number of ether oxygens (including phenoxy) is 2. The Morgan fingerprint density at radius 1 is 1.11 bits per heavy atom. The molecule has 3 rings (SSSR count). The van der Waals surface area contributed by atoms with Crippen molar-refractivity contribution in [2.45, 2.75) is 6.54 Å². The van der Waals surface area contributed by atoms with E-state index in [1.165, 1.54) is 43.8 Å². The van der Waals surface area contributed by atoms with Gasteiger partial charge in [0.15, 0.2) is 0 Å². The van der Waals surface area contributed by atoms with Crippen LogP contribution in [0.1, 0.15) is 20.7 Å².